The predicted octanol–water partition coefficient (Wildman–Crippen LogP) is 6.41. The van der Waals surface area contributed by atoms with Crippen LogP contribution in [0.15, 0.2) is 23.3 Å². The number of allylic oxidation sites excluding steroid dienone is 4. The van der Waals surface area contributed by atoms with Crippen LogP contribution in [-0.4, -0.2) is 41.3 Å². The first-order chi connectivity index (χ1) is 18.1. The summed E-state index contributed by atoms with van der Waals surface area (Å²) in [5, 5.41) is 9.90. The number of fused-ring (bicyclic) bond motifs is 7. The van der Waals surface area contributed by atoms with E-state index < -0.39 is 10.8 Å². The van der Waals surface area contributed by atoms with E-state index in [0.717, 1.165) is 50.5 Å². The van der Waals surface area contributed by atoms with Crippen LogP contribution >= 0.6 is 0 Å². The molecule has 1 saturated heterocycles. The maximum atomic E-state index is 14.5. The van der Waals surface area contributed by atoms with Crippen molar-refractivity contribution in [1.29, 1.82) is 5.26 Å². The summed E-state index contributed by atoms with van der Waals surface area (Å²) in [7, 11) is 0. The largest absolute Gasteiger partial charge is 0.448 e. The molecule has 3 saturated carbocycles. The summed E-state index contributed by atoms with van der Waals surface area (Å²) in [5.74, 6) is 0.262. The summed E-state index contributed by atoms with van der Waals surface area (Å²) >= 11 is 0. The fraction of sp³-hybridized carbons (Fsp3) is 0.758. The number of carbonyl (C=O) groups is 3. The monoisotopic (exact) mass is 532 g/mol. The van der Waals surface area contributed by atoms with E-state index in [1.807, 2.05) is 30.9 Å². The molecule has 0 bridgehead atoms. The Bertz CT molecular complexity index is 1290. The quantitative estimate of drug-likeness (QED) is 0.389. The van der Waals surface area contributed by atoms with Crippen molar-refractivity contribution in [3.63, 3.8) is 0 Å². The molecule has 6 aliphatic rings. The number of ketones is 2. The number of cyclic esters (lactones) is 1. The summed E-state index contributed by atoms with van der Waals surface area (Å²) < 4.78 is 5.34. The molecule has 6 nitrogen and oxygen atoms in total. The zero-order chi connectivity index (χ0) is 28.4. The van der Waals surface area contributed by atoms with Crippen LogP contribution in [-0.2, 0) is 14.3 Å². The first-order valence-corrected chi connectivity index (χ1v) is 15.0. The van der Waals surface area contributed by atoms with Crippen LogP contribution in [0.5, 0.6) is 0 Å². The first-order valence-electron chi connectivity index (χ1n) is 15.0. The van der Waals surface area contributed by atoms with Crippen LogP contribution in [0.1, 0.15) is 93.4 Å². The second-order valence-corrected chi connectivity index (χ2v) is 15.5. The second-order valence-electron chi connectivity index (χ2n) is 15.5. The van der Waals surface area contributed by atoms with Gasteiger partial charge < -0.3 is 4.74 Å². The van der Waals surface area contributed by atoms with Gasteiger partial charge in [0.15, 0.2) is 11.6 Å². The average molecular weight is 533 g/mol. The molecule has 0 aromatic rings. The van der Waals surface area contributed by atoms with Gasteiger partial charge in [-0.25, -0.2) is 4.79 Å². The van der Waals surface area contributed by atoms with Gasteiger partial charge in [0.05, 0.1) is 12.1 Å². The van der Waals surface area contributed by atoms with Gasteiger partial charge in [0.2, 0.25) is 0 Å². The molecule has 0 spiro atoms. The summed E-state index contributed by atoms with van der Waals surface area (Å²) in [6.07, 6.45) is 10.3. The number of amides is 1. The van der Waals surface area contributed by atoms with Gasteiger partial charge in [0, 0.05) is 22.3 Å². The highest BCUT2D eigenvalue weighted by atomic mass is 16.6. The van der Waals surface area contributed by atoms with E-state index in [2.05, 4.69) is 40.7 Å². The van der Waals surface area contributed by atoms with E-state index in [1.54, 1.807) is 0 Å². The Kier molecular flexibility index (Phi) is 5.40. The van der Waals surface area contributed by atoms with Crippen LogP contribution in [0.2, 0.25) is 0 Å². The minimum atomic E-state index is -0.655. The molecule has 0 aromatic heterocycles. The highest BCUT2D eigenvalue weighted by Gasteiger charge is 2.69. The number of hydrogen-bond donors (Lipinski definition) is 0. The minimum absolute atomic E-state index is 0.0508. The lowest BCUT2D eigenvalue weighted by molar-refractivity contribution is -0.169. The van der Waals surface area contributed by atoms with Gasteiger partial charge in [-0.1, -0.05) is 53.2 Å². The Morgan fingerprint density at radius 1 is 0.974 bits per heavy atom. The molecule has 39 heavy (non-hydrogen) atoms. The fourth-order valence-corrected chi connectivity index (χ4v) is 10.8. The van der Waals surface area contributed by atoms with E-state index in [9.17, 15) is 19.6 Å². The van der Waals surface area contributed by atoms with Crippen LogP contribution in [0.3, 0.4) is 0 Å². The third-order valence-electron chi connectivity index (χ3n) is 13.5. The fourth-order valence-electron chi connectivity index (χ4n) is 10.8. The van der Waals surface area contributed by atoms with Crippen LogP contribution in [0, 0.1) is 56.2 Å². The van der Waals surface area contributed by atoms with Crippen LogP contribution in [0.25, 0.3) is 0 Å². The molecule has 1 aliphatic heterocycles. The average Bonchev–Trinajstić information content (AvgIpc) is 3.31. The predicted molar refractivity (Wildman–Crippen MR) is 147 cm³/mol. The van der Waals surface area contributed by atoms with E-state index in [4.69, 9.17) is 4.74 Å². The number of nitrogens with zero attached hydrogens (tertiary/aromatic N) is 2. The molecule has 6 rings (SSSR count). The molecule has 0 aromatic carbocycles. The molecule has 8 atom stereocenters. The number of rotatable bonds is 1. The van der Waals surface area contributed by atoms with Crippen molar-refractivity contribution < 1.29 is 19.1 Å². The Balaban J connectivity index is 1.47. The number of nitriles is 1. The lowest BCUT2D eigenvalue weighted by Crippen LogP contribution is -2.66. The van der Waals surface area contributed by atoms with Crippen molar-refractivity contribution in [1.82, 2.24) is 4.90 Å². The third kappa shape index (κ3) is 3.17. The molecular formula is C33H44N2O4. The zero-order valence-electron chi connectivity index (χ0n) is 24.8. The minimum Gasteiger partial charge on any atom is -0.448 e. The number of Topliss-reactive ketones (excluding diaryl/α,β-unsaturated/α-hetero) is 1. The molecule has 210 valence electrons. The van der Waals surface area contributed by atoms with Gasteiger partial charge in [0.25, 0.3) is 0 Å². The smallest absolute Gasteiger partial charge is 0.410 e. The molecule has 6 heteroatoms. The SMILES string of the molecule is CC1(C)C(=O)C(C#N)=C[C@]2(C)C3=CC(=O)[C@@H]4[C@@H]5C[C@@](C)(N6CCOC6=O)CC[C@]5(C)CC[C@@]4(C)[C@]3(C)CC[C@@H]12. The van der Waals surface area contributed by atoms with Crippen molar-refractivity contribution in [3.05, 3.63) is 23.3 Å². The Morgan fingerprint density at radius 3 is 2.31 bits per heavy atom. The van der Waals surface area contributed by atoms with E-state index in [0.29, 0.717) is 13.2 Å². The number of carbonyl (C=O) groups excluding carboxylic acids is 3. The number of ether oxygens (including phenoxy) is 1. The van der Waals surface area contributed by atoms with E-state index in [-0.39, 0.29) is 62.8 Å². The molecule has 0 N–H and O–H groups in total. The third-order valence-corrected chi connectivity index (χ3v) is 13.5. The van der Waals surface area contributed by atoms with Crippen molar-refractivity contribution >= 4 is 17.7 Å². The van der Waals surface area contributed by atoms with Gasteiger partial charge in [-0.3, -0.25) is 14.5 Å². The maximum Gasteiger partial charge on any atom is 0.410 e. The Hall–Kier alpha value is -2.42. The highest BCUT2D eigenvalue weighted by molar-refractivity contribution is 6.04. The Labute approximate surface area is 233 Å². The summed E-state index contributed by atoms with van der Waals surface area (Å²) in [6, 6.07) is 2.19. The standard InChI is InChI=1S/C33H44N2O4/c1-28(2)23-8-9-32(6)24(31(23,5)17-20(19-34)26(28)37)16-22(36)25-21-18-30(4,35-14-15-39-27(35)38)12-10-29(21,3)11-13-33(25,32)7/h16-17,21,23,25H,8-15,18H2,1-7H3/t21-,23-,25-,29+,30-,31-,32+,33+/m0/s1. The summed E-state index contributed by atoms with van der Waals surface area (Å²) in [6.45, 7) is 16.5. The second kappa shape index (κ2) is 7.86. The van der Waals surface area contributed by atoms with Gasteiger partial charge in [-0.15, -0.1) is 0 Å². The highest BCUT2D eigenvalue weighted by Crippen LogP contribution is 2.74. The normalized spacial score (nSPS) is 48.5. The van der Waals surface area contributed by atoms with Gasteiger partial charge in [0.1, 0.15) is 12.7 Å². The molecule has 1 heterocycles. The van der Waals surface area contributed by atoms with E-state index >= 15 is 0 Å². The summed E-state index contributed by atoms with van der Waals surface area (Å²) in [5.41, 5.74) is -0.483. The van der Waals surface area contributed by atoms with Crippen LogP contribution in [0.4, 0.5) is 4.79 Å². The first kappa shape index (κ1) is 26.8. The maximum absolute atomic E-state index is 14.5. The molecular weight excluding hydrogens is 488 g/mol. The zero-order valence-corrected chi connectivity index (χ0v) is 24.8. The molecule has 0 radical (unpaired) electrons. The topological polar surface area (TPSA) is 87.5 Å². The number of hydrogen-bond acceptors (Lipinski definition) is 5. The van der Waals surface area contributed by atoms with Gasteiger partial charge >= 0.3 is 6.09 Å². The molecule has 4 fully saturated rings. The molecule has 1 amide bonds. The van der Waals surface area contributed by atoms with Crippen molar-refractivity contribution in [2.24, 2.45) is 44.8 Å². The lowest BCUT2D eigenvalue weighted by Gasteiger charge is -2.69. The van der Waals surface area contributed by atoms with Crippen LogP contribution < -0.4 is 0 Å². The van der Waals surface area contributed by atoms with Crippen molar-refractivity contribution in [2.75, 3.05) is 13.2 Å². The van der Waals surface area contributed by atoms with Crippen molar-refractivity contribution in [3.8, 4) is 6.07 Å². The lowest BCUT2D eigenvalue weighted by atomic mass is 9.34. The van der Waals surface area contributed by atoms with Gasteiger partial charge in [-0.05, 0) is 86.0 Å². The van der Waals surface area contributed by atoms with Crippen molar-refractivity contribution in [2.45, 2.75) is 99.0 Å². The molecule has 0 unspecified atom stereocenters. The van der Waals surface area contributed by atoms with E-state index in [1.165, 1.54) is 0 Å². The Morgan fingerprint density at radius 2 is 1.67 bits per heavy atom. The van der Waals surface area contributed by atoms with Gasteiger partial charge in [-0.2, -0.15) is 5.26 Å². The molecule has 5 aliphatic carbocycles. The summed E-state index contributed by atoms with van der Waals surface area (Å²) in [4.78, 5) is 42.3.